The van der Waals surface area contributed by atoms with E-state index in [2.05, 4.69) is 205 Å². The van der Waals surface area contributed by atoms with Crippen molar-refractivity contribution in [3.05, 3.63) is 175 Å². The van der Waals surface area contributed by atoms with Gasteiger partial charge in [0.05, 0.1) is 0 Å². The Morgan fingerprint density at radius 1 is 0.420 bits per heavy atom. The third-order valence-corrected chi connectivity index (χ3v) is 12.2. The van der Waals surface area contributed by atoms with Crippen LogP contribution in [-0.2, 0) is 10.8 Å². The largest absolute Gasteiger partial charge is 0.0616 e. The van der Waals surface area contributed by atoms with Crippen molar-refractivity contribution in [1.29, 1.82) is 0 Å². The Kier molecular flexibility index (Phi) is 7.25. The molecule has 0 amide bonds. The van der Waals surface area contributed by atoms with Crippen molar-refractivity contribution in [2.45, 2.75) is 38.5 Å². The Hall–Kier alpha value is -4.50. The van der Waals surface area contributed by atoms with Crippen LogP contribution in [0.15, 0.2) is 130 Å². The summed E-state index contributed by atoms with van der Waals surface area (Å²) in [6, 6.07) is 44.8. The number of fused-ring (bicyclic) bond motifs is 11. The summed E-state index contributed by atoms with van der Waals surface area (Å²) in [5.74, 6) is 0. The Bertz CT molecular complexity index is 2400. The van der Waals surface area contributed by atoms with E-state index in [-0.39, 0.29) is 10.8 Å². The van der Waals surface area contributed by atoms with E-state index in [0.29, 0.717) is 0 Å². The fourth-order valence-corrected chi connectivity index (χ4v) is 9.28. The Morgan fingerprint density at radius 2 is 0.780 bits per heavy atom. The van der Waals surface area contributed by atoms with Crippen molar-refractivity contribution in [3.63, 3.8) is 0 Å². The molecule has 0 N–H and O–H groups in total. The second-order valence-electron chi connectivity index (χ2n) is 14.8. The van der Waals surface area contributed by atoms with Crippen LogP contribution in [0.4, 0.5) is 0 Å². The van der Waals surface area contributed by atoms with E-state index in [4.69, 9.17) is 0 Å². The fourth-order valence-electron chi connectivity index (χ4n) is 8.76. The van der Waals surface area contributed by atoms with Crippen LogP contribution in [0.1, 0.15) is 72.2 Å². The maximum absolute atomic E-state index is 3.58. The lowest BCUT2D eigenvalue weighted by atomic mass is 9.72. The van der Waals surface area contributed by atoms with Crippen LogP contribution in [0.5, 0.6) is 0 Å². The lowest BCUT2D eigenvalue weighted by Crippen LogP contribution is -2.24. The molecule has 0 aliphatic heterocycles. The highest BCUT2D eigenvalue weighted by Crippen LogP contribution is 2.61. The zero-order valence-electron chi connectivity index (χ0n) is 28.6. The van der Waals surface area contributed by atoms with E-state index in [1.807, 2.05) is 0 Å². The van der Waals surface area contributed by atoms with Gasteiger partial charge in [-0.1, -0.05) is 169 Å². The van der Waals surface area contributed by atoms with Gasteiger partial charge < -0.3 is 0 Å². The standard InChI is InChI=1S/C48H36Br2/c1-47(2)41-27-31(19-13-29-15-21-33(49)22-16-29)35-9-5-7-11-37(35)43(41)39-25-26-40-44-38-12-8-6-10-36(38)32(20-14-30-17-23-34(50)24-18-30)28-42(44)48(3,4)46(40)45(39)47/h5-28H,1-4H3/b19-13+,20-14+. The fraction of sp³-hybridized carbons (Fsp3) is 0.125. The van der Waals surface area contributed by atoms with Crippen LogP contribution < -0.4 is 0 Å². The van der Waals surface area contributed by atoms with Gasteiger partial charge in [-0.15, -0.1) is 0 Å². The van der Waals surface area contributed by atoms with Gasteiger partial charge in [-0.2, -0.15) is 0 Å². The third kappa shape index (κ3) is 4.76. The summed E-state index contributed by atoms with van der Waals surface area (Å²) in [5.41, 5.74) is 15.8. The molecule has 0 nitrogen and oxygen atoms in total. The summed E-state index contributed by atoms with van der Waals surface area (Å²) in [5, 5.41) is 5.23. The lowest BCUT2D eigenvalue weighted by Gasteiger charge is -2.31. The van der Waals surface area contributed by atoms with E-state index >= 15 is 0 Å². The highest BCUT2D eigenvalue weighted by molar-refractivity contribution is 9.10. The van der Waals surface area contributed by atoms with Crippen LogP contribution in [0, 0.1) is 0 Å². The maximum Gasteiger partial charge on any atom is 0.0175 e. The van der Waals surface area contributed by atoms with Crippen LogP contribution in [0.3, 0.4) is 0 Å². The second-order valence-corrected chi connectivity index (χ2v) is 16.6. The van der Waals surface area contributed by atoms with Gasteiger partial charge in [0, 0.05) is 19.8 Å². The molecule has 0 saturated carbocycles. The van der Waals surface area contributed by atoms with Crippen molar-refractivity contribution in [2.75, 3.05) is 0 Å². The van der Waals surface area contributed by atoms with Crippen molar-refractivity contribution >= 4 is 77.7 Å². The van der Waals surface area contributed by atoms with Crippen molar-refractivity contribution in [3.8, 4) is 22.3 Å². The third-order valence-electron chi connectivity index (χ3n) is 11.1. The van der Waals surface area contributed by atoms with E-state index < -0.39 is 0 Å². The molecule has 0 atom stereocenters. The van der Waals surface area contributed by atoms with E-state index in [1.54, 1.807) is 0 Å². The minimum absolute atomic E-state index is 0.181. The molecule has 0 unspecified atom stereocenters. The first-order valence-electron chi connectivity index (χ1n) is 17.3. The summed E-state index contributed by atoms with van der Waals surface area (Å²) in [4.78, 5) is 0. The van der Waals surface area contributed by atoms with E-state index in [9.17, 15) is 0 Å². The smallest absolute Gasteiger partial charge is 0.0175 e. The quantitative estimate of drug-likeness (QED) is 0.156. The molecule has 0 aromatic heterocycles. The highest BCUT2D eigenvalue weighted by atomic mass is 79.9. The molecule has 0 fully saturated rings. The summed E-state index contributed by atoms with van der Waals surface area (Å²) < 4.78 is 2.19. The molecule has 0 radical (unpaired) electrons. The monoisotopic (exact) mass is 770 g/mol. The molecule has 7 aromatic rings. The molecule has 0 heterocycles. The number of benzene rings is 7. The summed E-state index contributed by atoms with van der Waals surface area (Å²) >= 11 is 7.16. The topological polar surface area (TPSA) is 0 Å². The predicted molar refractivity (Wildman–Crippen MR) is 223 cm³/mol. The predicted octanol–water partition coefficient (Wildman–Crippen LogP) is 14.5. The van der Waals surface area contributed by atoms with Crippen molar-refractivity contribution in [1.82, 2.24) is 0 Å². The van der Waals surface area contributed by atoms with Crippen LogP contribution in [0.25, 0.3) is 68.1 Å². The minimum atomic E-state index is -0.181. The second kappa shape index (κ2) is 11.5. The van der Waals surface area contributed by atoms with Crippen molar-refractivity contribution < 1.29 is 0 Å². The lowest BCUT2D eigenvalue weighted by molar-refractivity contribution is 0.601. The van der Waals surface area contributed by atoms with Gasteiger partial charge in [-0.05, 0) is 125 Å². The highest BCUT2D eigenvalue weighted by Gasteiger charge is 2.46. The summed E-state index contributed by atoms with van der Waals surface area (Å²) in [7, 11) is 0. The molecule has 242 valence electrons. The molecule has 2 aliphatic rings. The van der Waals surface area contributed by atoms with E-state index in [1.165, 1.54) is 88.3 Å². The first-order chi connectivity index (χ1) is 24.1. The van der Waals surface area contributed by atoms with Gasteiger partial charge in [0.15, 0.2) is 0 Å². The van der Waals surface area contributed by atoms with Crippen LogP contribution in [-0.4, -0.2) is 0 Å². The zero-order chi connectivity index (χ0) is 34.4. The first-order valence-corrected chi connectivity index (χ1v) is 18.9. The van der Waals surface area contributed by atoms with Crippen molar-refractivity contribution in [2.24, 2.45) is 0 Å². The van der Waals surface area contributed by atoms with E-state index in [0.717, 1.165) is 8.95 Å². The Morgan fingerprint density at radius 3 is 1.16 bits per heavy atom. The summed E-state index contributed by atoms with van der Waals surface area (Å²) in [6.45, 7) is 9.77. The molecule has 0 saturated heterocycles. The zero-order valence-corrected chi connectivity index (χ0v) is 31.8. The van der Waals surface area contributed by atoms with Gasteiger partial charge in [-0.25, -0.2) is 0 Å². The molecular weight excluding hydrogens is 736 g/mol. The SMILES string of the molecule is CC1(C)c2cc(/C=C/c3ccc(Br)cc3)c3ccccc3c2-c2ccc3c(c21)C(C)(C)c1cc(/C=C/c2ccc(Br)cc2)c2ccccc2c1-3. The van der Waals surface area contributed by atoms with Crippen LogP contribution >= 0.6 is 31.9 Å². The molecule has 2 aliphatic carbocycles. The first kappa shape index (κ1) is 31.5. The average Bonchev–Trinajstić information content (AvgIpc) is 3.50. The molecular formula is C48H36Br2. The Labute approximate surface area is 311 Å². The van der Waals surface area contributed by atoms with Gasteiger partial charge in [-0.3, -0.25) is 0 Å². The summed E-state index contributed by atoms with van der Waals surface area (Å²) in [6.07, 6.45) is 9.07. The normalized spacial score (nSPS) is 15.2. The van der Waals surface area contributed by atoms with Crippen LogP contribution in [0.2, 0.25) is 0 Å². The molecule has 7 aromatic carbocycles. The van der Waals surface area contributed by atoms with Gasteiger partial charge in [0.1, 0.15) is 0 Å². The number of halogens is 2. The average molecular weight is 773 g/mol. The molecule has 50 heavy (non-hydrogen) atoms. The Balaban J connectivity index is 1.24. The molecule has 0 spiro atoms. The van der Waals surface area contributed by atoms with Gasteiger partial charge in [0.2, 0.25) is 0 Å². The number of hydrogen-bond donors (Lipinski definition) is 0. The molecule has 9 rings (SSSR count). The molecule has 0 bridgehead atoms. The van der Waals surface area contributed by atoms with Gasteiger partial charge in [0.25, 0.3) is 0 Å². The number of hydrogen-bond acceptors (Lipinski definition) is 0. The minimum Gasteiger partial charge on any atom is -0.0616 e. The van der Waals surface area contributed by atoms with Gasteiger partial charge >= 0.3 is 0 Å². The molecule has 2 heteroatoms. The number of rotatable bonds is 4. The maximum atomic E-state index is 3.58.